The number of aliphatic hydroxyl groups is 1. The number of alkyl halides is 1. The lowest BCUT2D eigenvalue weighted by atomic mass is 9.44. The number of Topliss-reactive ketones (excluding diaryl/α,β-unsaturated/α-hetero) is 1. The molecule has 3 fully saturated rings. The first-order chi connectivity index (χ1) is 10.7. The number of fused-ring (bicyclic) bond motifs is 5. The zero-order chi connectivity index (χ0) is 16.6. The molecule has 6 atom stereocenters. The largest absolute Gasteiger partial charge is 0.389 e. The summed E-state index contributed by atoms with van der Waals surface area (Å²) in [5.74, 6) is 0.258. The van der Waals surface area contributed by atoms with Gasteiger partial charge < -0.3 is 5.11 Å². The van der Waals surface area contributed by atoms with Crippen LogP contribution in [0.1, 0.15) is 58.8 Å². The minimum atomic E-state index is -1.33. The van der Waals surface area contributed by atoms with E-state index in [1.807, 2.05) is 13.8 Å². The molecule has 0 aliphatic heterocycles. The second-order valence-corrected chi connectivity index (χ2v) is 8.57. The molecule has 1 unspecified atom stereocenters. The summed E-state index contributed by atoms with van der Waals surface area (Å²) in [6, 6.07) is 0. The number of ketones is 2. The lowest BCUT2D eigenvalue weighted by Gasteiger charge is -2.62. The van der Waals surface area contributed by atoms with Crippen LogP contribution < -0.4 is 0 Å². The first kappa shape index (κ1) is 15.5. The Hall–Kier alpha value is -1.03. The molecule has 0 radical (unpaired) electrons. The third-order valence-corrected chi connectivity index (χ3v) is 7.90. The van der Waals surface area contributed by atoms with Gasteiger partial charge in [-0.1, -0.05) is 19.4 Å². The second-order valence-electron chi connectivity index (χ2n) is 8.57. The Kier molecular flexibility index (Phi) is 3.05. The van der Waals surface area contributed by atoms with Gasteiger partial charge in [0.05, 0.1) is 5.60 Å². The fourth-order valence-corrected chi connectivity index (χ4v) is 6.30. The number of carbonyl (C=O) groups excluding carboxylic acids is 2. The molecular weight excluding hydrogens is 295 g/mol. The molecule has 4 aliphatic rings. The average molecular weight is 320 g/mol. The molecule has 0 bridgehead atoms. The number of hydrogen-bond donors (Lipinski definition) is 1. The van der Waals surface area contributed by atoms with Gasteiger partial charge in [-0.05, 0) is 50.0 Å². The Morgan fingerprint density at radius 2 is 1.83 bits per heavy atom. The van der Waals surface area contributed by atoms with E-state index < -0.39 is 17.2 Å². The first-order valence-corrected chi connectivity index (χ1v) is 8.87. The molecule has 126 valence electrons. The van der Waals surface area contributed by atoms with E-state index in [2.05, 4.69) is 0 Å². The van der Waals surface area contributed by atoms with E-state index in [-0.39, 0.29) is 29.5 Å². The maximum Gasteiger partial charge on any atom is 0.158 e. The Morgan fingerprint density at radius 3 is 2.57 bits per heavy atom. The topological polar surface area (TPSA) is 54.4 Å². The molecule has 0 amide bonds. The van der Waals surface area contributed by atoms with Crippen LogP contribution in [0.5, 0.6) is 0 Å². The van der Waals surface area contributed by atoms with Crippen molar-refractivity contribution in [2.75, 3.05) is 0 Å². The summed E-state index contributed by atoms with van der Waals surface area (Å²) in [5.41, 5.74) is -1.67. The van der Waals surface area contributed by atoms with Gasteiger partial charge in [-0.25, -0.2) is 4.39 Å². The highest BCUT2D eigenvalue weighted by Crippen LogP contribution is 2.66. The van der Waals surface area contributed by atoms with Crippen LogP contribution in [-0.4, -0.2) is 28.4 Å². The lowest BCUT2D eigenvalue weighted by molar-refractivity contribution is -0.203. The summed E-state index contributed by atoms with van der Waals surface area (Å²) >= 11 is 0. The number of halogens is 1. The van der Waals surface area contributed by atoms with E-state index in [1.54, 1.807) is 6.08 Å². The van der Waals surface area contributed by atoms with Gasteiger partial charge in [-0.2, -0.15) is 0 Å². The summed E-state index contributed by atoms with van der Waals surface area (Å²) in [6.07, 6.45) is 4.03. The second kappa shape index (κ2) is 4.53. The summed E-state index contributed by atoms with van der Waals surface area (Å²) < 4.78 is 15.0. The standard InChI is InChI=1S/C19H25FO3/c1-17-7-8-19(23)14(13(17)5-6-16(17)22)4-3-11-9-12(21)10-15(20)18(11,19)2/h9,13-15,23H,3-8,10H2,1-2H3/t13-,14-,15?,17-,18+,19+/m0/s1. The van der Waals surface area contributed by atoms with Crippen LogP contribution in [0, 0.1) is 22.7 Å². The molecule has 0 saturated heterocycles. The van der Waals surface area contributed by atoms with Crippen molar-refractivity contribution in [1.82, 2.24) is 0 Å². The summed E-state index contributed by atoms with van der Waals surface area (Å²) in [7, 11) is 0. The fourth-order valence-electron chi connectivity index (χ4n) is 6.30. The summed E-state index contributed by atoms with van der Waals surface area (Å²) in [6.45, 7) is 3.85. The summed E-state index contributed by atoms with van der Waals surface area (Å²) in [4.78, 5) is 24.1. The van der Waals surface area contributed by atoms with Crippen molar-refractivity contribution < 1.29 is 19.1 Å². The van der Waals surface area contributed by atoms with Gasteiger partial charge in [0.25, 0.3) is 0 Å². The van der Waals surface area contributed by atoms with Crippen molar-refractivity contribution in [3.8, 4) is 0 Å². The Balaban J connectivity index is 1.81. The Labute approximate surface area is 136 Å². The molecular formula is C19H25FO3. The predicted molar refractivity (Wildman–Crippen MR) is 83.5 cm³/mol. The van der Waals surface area contributed by atoms with Crippen LogP contribution in [0.25, 0.3) is 0 Å². The third-order valence-electron chi connectivity index (χ3n) is 7.90. The maximum absolute atomic E-state index is 15.0. The molecule has 23 heavy (non-hydrogen) atoms. The van der Waals surface area contributed by atoms with E-state index in [0.29, 0.717) is 31.5 Å². The van der Waals surface area contributed by atoms with E-state index in [1.165, 1.54) is 0 Å². The van der Waals surface area contributed by atoms with Crippen molar-refractivity contribution in [2.45, 2.75) is 70.6 Å². The van der Waals surface area contributed by atoms with E-state index in [9.17, 15) is 19.1 Å². The minimum Gasteiger partial charge on any atom is -0.389 e. The Bertz CT molecular complexity index is 626. The molecule has 4 rings (SSSR count). The van der Waals surface area contributed by atoms with Gasteiger partial charge in [-0.15, -0.1) is 0 Å². The van der Waals surface area contributed by atoms with Crippen LogP contribution in [-0.2, 0) is 9.59 Å². The molecule has 4 aliphatic carbocycles. The zero-order valence-electron chi connectivity index (χ0n) is 13.9. The smallest absolute Gasteiger partial charge is 0.158 e. The molecule has 3 saturated carbocycles. The Morgan fingerprint density at radius 1 is 1.13 bits per heavy atom. The van der Waals surface area contributed by atoms with Gasteiger partial charge in [0.15, 0.2) is 5.78 Å². The molecule has 4 heteroatoms. The number of hydrogen-bond acceptors (Lipinski definition) is 3. The molecule has 0 aromatic heterocycles. The maximum atomic E-state index is 15.0. The molecule has 0 aromatic rings. The van der Waals surface area contributed by atoms with Crippen LogP contribution >= 0.6 is 0 Å². The predicted octanol–water partition coefficient (Wildman–Crippen LogP) is 3.15. The van der Waals surface area contributed by atoms with Crippen LogP contribution in [0.4, 0.5) is 4.39 Å². The van der Waals surface area contributed by atoms with Gasteiger partial charge in [-0.3, -0.25) is 9.59 Å². The highest BCUT2D eigenvalue weighted by atomic mass is 19.1. The normalized spacial score (nSPS) is 52.5. The SMILES string of the molecule is C[C@]12CC[C@@]3(O)[C@@H](CCC4=CC(=O)CC(F)[C@@]43C)[C@@H]1CCC2=O. The van der Waals surface area contributed by atoms with Crippen molar-refractivity contribution >= 4 is 11.6 Å². The average Bonchev–Trinajstić information content (AvgIpc) is 2.78. The molecule has 0 aromatic carbocycles. The highest BCUT2D eigenvalue weighted by molar-refractivity contribution is 5.92. The fraction of sp³-hybridized carbons (Fsp3) is 0.789. The van der Waals surface area contributed by atoms with Crippen molar-refractivity contribution in [2.24, 2.45) is 22.7 Å². The van der Waals surface area contributed by atoms with E-state index in [0.717, 1.165) is 18.4 Å². The first-order valence-electron chi connectivity index (χ1n) is 8.87. The number of carbonyl (C=O) groups is 2. The van der Waals surface area contributed by atoms with Crippen molar-refractivity contribution in [1.29, 1.82) is 0 Å². The monoisotopic (exact) mass is 320 g/mol. The van der Waals surface area contributed by atoms with Crippen LogP contribution in [0.15, 0.2) is 11.6 Å². The highest BCUT2D eigenvalue weighted by Gasteiger charge is 2.68. The molecule has 0 spiro atoms. The zero-order valence-corrected chi connectivity index (χ0v) is 13.9. The van der Waals surface area contributed by atoms with Crippen LogP contribution in [0.2, 0.25) is 0 Å². The van der Waals surface area contributed by atoms with Crippen molar-refractivity contribution in [3.05, 3.63) is 11.6 Å². The van der Waals surface area contributed by atoms with Gasteiger partial charge in [0.1, 0.15) is 12.0 Å². The van der Waals surface area contributed by atoms with E-state index >= 15 is 0 Å². The van der Waals surface area contributed by atoms with Crippen LogP contribution in [0.3, 0.4) is 0 Å². The molecule has 1 N–H and O–H groups in total. The molecule has 3 nitrogen and oxygen atoms in total. The van der Waals surface area contributed by atoms with Gasteiger partial charge in [0.2, 0.25) is 0 Å². The quantitative estimate of drug-likeness (QED) is 0.746. The van der Waals surface area contributed by atoms with Gasteiger partial charge in [0, 0.05) is 23.7 Å². The van der Waals surface area contributed by atoms with Gasteiger partial charge >= 0.3 is 0 Å². The molecule has 0 heterocycles. The summed E-state index contributed by atoms with van der Waals surface area (Å²) in [5, 5.41) is 11.6. The number of rotatable bonds is 0. The lowest BCUT2D eigenvalue weighted by Crippen LogP contribution is -2.66. The minimum absolute atomic E-state index is 0.0405. The van der Waals surface area contributed by atoms with E-state index in [4.69, 9.17) is 0 Å². The third kappa shape index (κ3) is 1.68. The van der Waals surface area contributed by atoms with Crippen molar-refractivity contribution in [3.63, 3.8) is 0 Å².